The second-order valence-electron chi connectivity index (χ2n) is 11.9. The second-order valence-corrected chi connectivity index (χ2v) is 11.9. The monoisotopic (exact) mass is 562 g/mol. The molecule has 0 atom stereocenters. The van der Waals surface area contributed by atoms with Crippen LogP contribution < -0.4 is 14.4 Å². The van der Waals surface area contributed by atoms with Crippen molar-refractivity contribution in [1.82, 2.24) is 4.57 Å². The fourth-order valence-corrected chi connectivity index (χ4v) is 8.05. The number of aryl methyl sites for hydroxylation is 1. The third-order valence-corrected chi connectivity index (χ3v) is 9.75. The van der Waals surface area contributed by atoms with Crippen LogP contribution in [0.5, 0.6) is 0 Å². The first-order valence-corrected chi connectivity index (χ1v) is 15.2. The molecule has 7 aromatic rings. The summed E-state index contributed by atoms with van der Waals surface area (Å²) in [6.45, 7) is 6.20. The number of anilines is 6. The molecule has 0 amide bonds. The molecule has 1 aromatic heterocycles. The molecule has 0 radical (unpaired) electrons. The Morgan fingerprint density at radius 1 is 0.568 bits per heavy atom. The molecule has 206 valence electrons. The van der Waals surface area contributed by atoms with Gasteiger partial charge in [0.1, 0.15) is 0 Å². The number of hydrogen-bond donors (Lipinski definition) is 0. The molecule has 3 aliphatic rings. The van der Waals surface area contributed by atoms with Crippen molar-refractivity contribution in [3.05, 3.63) is 145 Å². The summed E-state index contributed by atoms with van der Waals surface area (Å²) in [5.74, 6) is 0. The lowest BCUT2D eigenvalue weighted by Crippen LogP contribution is -2.59. The summed E-state index contributed by atoms with van der Waals surface area (Å²) in [5.41, 5.74) is 12.2. The maximum Gasteiger partial charge on any atom is 0.519 e. The largest absolute Gasteiger partial charge is 0.519 e. The predicted molar refractivity (Wildman–Crippen MR) is 187 cm³/mol. The first-order valence-electron chi connectivity index (χ1n) is 15.2. The lowest BCUT2D eigenvalue weighted by Gasteiger charge is -2.46. The van der Waals surface area contributed by atoms with Crippen LogP contribution in [0.25, 0.3) is 44.2 Å². The molecule has 6 aromatic carbocycles. The molecule has 0 aliphatic carbocycles. The molecule has 0 N–H and O–H groups in total. The average molecular weight is 562 g/mol. The third-order valence-electron chi connectivity index (χ3n) is 9.75. The number of allylic oxidation sites excluding steroid dienone is 2. The first kappa shape index (κ1) is 23.8. The van der Waals surface area contributed by atoms with E-state index in [0.717, 1.165) is 5.69 Å². The Hall–Kier alpha value is -5.68. The van der Waals surface area contributed by atoms with Crippen LogP contribution in [0.1, 0.15) is 11.3 Å². The van der Waals surface area contributed by atoms with Crippen molar-refractivity contribution in [2.75, 3.05) is 14.4 Å². The highest BCUT2D eigenvalue weighted by Gasteiger charge is 2.55. The van der Waals surface area contributed by atoms with Gasteiger partial charge in [0.2, 0.25) is 0 Å². The highest BCUT2D eigenvalue weighted by molar-refractivity contribution is 6.81. The van der Waals surface area contributed by atoms with Crippen molar-refractivity contribution in [2.24, 2.45) is 0 Å². The Morgan fingerprint density at radius 3 is 1.73 bits per heavy atom. The maximum atomic E-state index is 3.97. The van der Waals surface area contributed by atoms with E-state index < -0.39 is 0 Å². The molecule has 4 heterocycles. The molecule has 3 aliphatic heterocycles. The van der Waals surface area contributed by atoms with Crippen LogP contribution in [-0.4, -0.2) is 11.7 Å². The summed E-state index contributed by atoms with van der Waals surface area (Å²) in [5, 5.41) is 6.33. The van der Waals surface area contributed by atoms with Gasteiger partial charge < -0.3 is 19.0 Å². The predicted octanol–water partition coefficient (Wildman–Crippen LogP) is 10.2. The van der Waals surface area contributed by atoms with E-state index in [4.69, 9.17) is 0 Å². The minimum atomic E-state index is -0.0813. The molecule has 0 saturated heterocycles. The van der Waals surface area contributed by atoms with Gasteiger partial charge in [-0.25, -0.2) is 0 Å². The summed E-state index contributed by atoms with van der Waals surface area (Å²) in [4.78, 5) is 7.70. The van der Waals surface area contributed by atoms with E-state index in [1.54, 1.807) is 0 Å². The molecule has 0 fully saturated rings. The number of para-hydroxylation sites is 2. The Kier molecular flexibility index (Phi) is 4.58. The molecule has 0 saturated carbocycles. The van der Waals surface area contributed by atoms with Gasteiger partial charge in [0.25, 0.3) is 0 Å². The lowest BCUT2D eigenvalue weighted by atomic mass is 9.75. The van der Waals surface area contributed by atoms with Crippen LogP contribution in [0.2, 0.25) is 0 Å². The van der Waals surface area contributed by atoms with Gasteiger partial charge in [-0.1, -0.05) is 91.5 Å². The molecule has 10 rings (SSSR count). The van der Waals surface area contributed by atoms with Crippen molar-refractivity contribution in [2.45, 2.75) is 6.92 Å². The van der Waals surface area contributed by atoms with Gasteiger partial charge in [-0.15, -0.1) is 0 Å². The van der Waals surface area contributed by atoms with Gasteiger partial charge in [-0.2, -0.15) is 0 Å². The zero-order chi connectivity index (χ0) is 29.1. The number of rotatable bonds is 3. The molecular formula is C39H27BN4. The van der Waals surface area contributed by atoms with Crippen LogP contribution in [0.3, 0.4) is 0 Å². The van der Waals surface area contributed by atoms with E-state index in [1.165, 1.54) is 77.8 Å². The van der Waals surface area contributed by atoms with Crippen LogP contribution in [0.15, 0.2) is 134 Å². The van der Waals surface area contributed by atoms with Gasteiger partial charge in [0.05, 0.1) is 22.6 Å². The fraction of sp³-hybridized carbons (Fsp3) is 0.0256. The maximum absolute atomic E-state index is 3.97. The fourth-order valence-electron chi connectivity index (χ4n) is 8.05. The van der Waals surface area contributed by atoms with Crippen LogP contribution in [0.4, 0.5) is 34.1 Å². The SMILES string of the molecule is C=C/C=C\c1c(C)c2ccccc2n1-c1cccc2c1N1B3N2c2cccc4cccc(c24)N3c2cccc3cccc1c23. The van der Waals surface area contributed by atoms with Crippen molar-refractivity contribution in [3.63, 3.8) is 0 Å². The molecule has 0 bridgehead atoms. The molecular weight excluding hydrogens is 535 g/mol. The van der Waals surface area contributed by atoms with E-state index in [2.05, 4.69) is 154 Å². The Bertz CT molecular complexity index is 2410. The molecule has 0 unspecified atom stereocenters. The highest BCUT2D eigenvalue weighted by atomic mass is 15.4. The van der Waals surface area contributed by atoms with Crippen molar-refractivity contribution >= 4 is 79.8 Å². The normalized spacial score (nSPS) is 14.3. The summed E-state index contributed by atoms with van der Waals surface area (Å²) < 4.78 is 2.45. The van der Waals surface area contributed by atoms with Gasteiger partial charge in [-0.3, -0.25) is 0 Å². The quantitative estimate of drug-likeness (QED) is 0.157. The number of fused-ring (bicyclic) bond motifs is 8. The van der Waals surface area contributed by atoms with E-state index in [9.17, 15) is 0 Å². The molecule has 4 nitrogen and oxygen atoms in total. The van der Waals surface area contributed by atoms with Crippen molar-refractivity contribution in [1.29, 1.82) is 0 Å². The number of hydrogen-bond acceptors (Lipinski definition) is 3. The first-order chi connectivity index (χ1) is 21.8. The highest BCUT2D eigenvalue weighted by Crippen LogP contribution is 2.60. The molecule has 5 heteroatoms. The summed E-state index contributed by atoms with van der Waals surface area (Å²) in [7, 11) is -0.0813. The zero-order valence-electron chi connectivity index (χ0n) is 24.3. The summed E-state index contributed by atoms with van der Waals surface area (Å²) in [6.07, 6.45) is 6.09. The Labute approximate surface area is 256 Å². The molecule has 0 spiro atoms. The topological polar surface area (TPSA) is 14.7 Å². The van der Waals surface area contributed by atoms with Crippen molar-refractivity contribution in [3.8, 4) is 5.69 Å². The Balaban J connectivity index is 1.38. The standard InChI is InChI=1S/C39H27BN4/c1-3-4-17-29-25(2)28-16-5-6-18-30(28)41(29)35-23-11-24-36-39(35)44-34-22-10-15-27-14-8-20-32(38(27)34)42-31-19-7-12-26-13-9-21-33(37(26)31)43(36)40(42)44/h3-24H,1H2,2H3/b17-4-. The third kappa shape index (κ3) is 2.80. The second kappa shape index (κ2) is 8.45. The van der Waals surface area contributed by atoms with Crippen LogP contribution in [0, 0.1) is 6.92 Å². The number of nitrogens with zero attached hydrogens (tertiary/aromatic N) is 4. The Morgan fingerprint density at radius 2 is 1.09 bits per heavy atom. The minimum Gasteiger partial charge on any atom is -0.344 e. The van der Waals surface area contributed by atoms with Crippen LogP contribution >= 0.6 is 0 Å². The minimum absolute atomic E-state index is 0.0813. The molecule has 44 heavy (non-hydrogen) atoms. The van der Waals surface area contributed by atoms with Crippen molar-refractivity contribution < 1.29 is 0 Å². The summed E-state index contributed by atoms with van der Waals surface area (Å²) >= 11 is 0. The van der Waals surface area contributed by atoms with E-state index >= 15 is 0 Å². The number of benzene rings is 6. The summed E-state index contributed by atoms with van der Waals surface area (Å²) in [6, 6.07) is 42.5. The lowest BCUT2D eigenvalue weighted by molar-refractivity contribution is 1.09. The smallest absolute Gasteiger partial charge is 0.344 e. The average Bonchev–Trinajstić information content (AvgIpc) is 3.56. The van der Waals surface area contributed by atoms with E-state index in [0.29, 0.717) is 0 Å². The van der Waals surface area contributed by atoms with E-state index in [1.807, 2.05) is 12.2 Å². The van der Waals surface area contributed by atoms with Crippen LogP contribution in [-0.2, 0) is 0 Å². The van der Waals surface area contributed by atoms with Gasteiger partial charge in [0, 0.05) is 44.6 Å². The van der Waals surface area contributed by atoms with Gasteiger partial charge >= 0.3 is 7.12 Å². The number of aromatic nitrogens is 1. The van der Waals surface area contributed by atoms with Gasteiger partial charge in [0.15, 0.2) is 0 Å². The zero-order valence-corrected chi connectivity index (χ0v) is 24.3. The van der Waals surface area contributed by atoms with Gasteiger partial charge in [-0.05, 0) is 71.8 Å². The van der Waals surface area contributed by atoms with E-state index in [-0.39, 0.29) is 7.12 Å².